The minimum atomic E-state index is 0. The van der Waals surface area contributed by atoms with E-state index in [0.29, 0.717) is 5.82 Å². The van der Waals surface area contributed by atoms with Crippen molar-refractivity contribution in [3.8, 4) is 27.4 Å². The zero-order valence-corrected chi connectivity index (χ0v) is 16.6. The molecule has 142 valence electrons. The maximum Gasteiger partial charge on any atom is 0.210 e. The molecular weight excluding hydrogens is 394 g/mol. The van der Waals surface area contributed by atoms with Gasteiger partial charge in [-0.1, -0.05) is 41.7 Å². The summed E-state index contributed by atoms with van der Waals surface area (Å²) in [7, 11) is 1.65. The molecule has 2 heterocycles. The van der Waals surface area contributed by atoms with E-state index in [1.165, 1.54) is 11.3 Å². The summed E-state index contributed by atoms with van der Waals surface area (Å²) in [6, 6.07) is 19.5. The molecule has 0 aliphatic heterocycles. The fraction of sp³-hybridized carbons (Fsp3) is 0.0500. The molecule has 0 spiro atoms. The summed E-state index contributed by atoms with van der Waals surface area (Å²) in [5, 5.41) is 13.4. The number of anilines is 3. The van der Waals surface area contributed by atoms with E-state index in [1.54, 1.807) is 13.3 Å². The Bertz CT molecular complexity index is 1070. The van der Waals surface area contributed by atoms with Gasteiger partial charge in [-0.2, -0.15) is 0 Å². The molecule has 2 aromatic carbocycles. The highest BCUT2D eigenvalue weighted by atomic mass is 35.5. The number of nitrogens with zero attached hydrogens (tertiary/aromatic N) is 3. The van der Waals surface area contributed by atoms with Crippen molar-refractivity contribution in [2.45, 2.75) is 0 Å². The quantitative estimate of drug-likeness (QED) is 0.479. The molecule has 0 amide bonds. The third-order valence-corrected chi connectivity index (χ3v) is 4.87. The van der Waals surface area contributed by atoms with Crippen LogP contribution in [0.3, 0.4) is 0 Å². The first-order chi connectivity index (χ1) is 13.2. The molecule has 0 unspecified atom stereocenters. The van der Waals surface area contributed by atoms with E-state index in [0.717, 1.165) is 38.3 Å². The Labute approximate surface area is 172 Å². The predicted octanol–water partition coefficient (Wildman–Crippen LogP) is 5.02. The lowest BCUT2D eigenvalue weighted by Gasteiger charge is -2.12. The normalized spacial score (nSPS) is 10.2. The monoisotopic (exact) mass is 411 g/mol. The van der Waals surface area contributed by atoms with Gasteiger partial charge in [-0.05, 0) is 35.9 Å². The molecule has 8 heteroatoms. The van der Waals surface area contributed by atoms with Crippen LogP contribution < -0.4 is 15.8 Å². The number of rotatable bonds is 5. The van der Waals surface area contributed by atoms with E-state index in [9.17, 15) is 0 Å². The van der Waals surface area contributed by atoms with Crippen molar-refractivity contribution in [2.75, 3.05) is 18.2 Å². The minimum absolute atomic E-state index is 0. The van der Waals surface area contributed by atoms with Gasteiger partial charge in [0.15, 0.2) is 0 Å². The van der Waals surface area contributed by atoms with E-state index in [-0.39, 0.29) is 12.4 Å². The number of methoxy groups -OCH3 is 1. The number of nitrogens with one attached hydrogen (secondary N) is 1. The fourth-order valence-electron chi connectivity index (χ4n) is 2.81. The average molecular weight is 412 g/mol. The Morgan fingerprint density at radius 1 is 1.00 bits per heavy atom. The Kier molecular flexibility index (Phi) is 6.08. The van der Waals surface area contributed by atoms with Crippen LogP contribution in [0.4, 0.5) is 16.6 Å². The van der Waals surface area contributed by atoms with Crippen molar-refractivity contribution in [3.05, 3.63) is 66.9 Å². The maximum absolute atomic E-state index is 5.88. The molecular formula is C20H18ClN5OS. The van der Waals surface area contributed by atoms with E-state index in [4.69, 9.17) is 10.5 Å². The van der Waals surface area contributed by atoms with Gasteiger partial charge in [0.25, 0.3) is 0 Å². The van der Waals surface area contributed by atoms with Gasteiger partial charge in [0.2, 0.25) is 5.13 Å². The summed E-state index contributed by atoms with van der Waals surface area (Å²) in [4.78, 5) is 4.08. The molecule has 3 N–H and O–H groups in total. The molecule has 0 fully saturated rings. The number of halogens is 1. The van der Waals surface area contributed by atoms with Gasteiger partial charge < -0.3 is 15.8 Å². The topological polar surface area (TPSA) is 86.0 Å². The first kappa shape index (κ1) is 19.6. The first-order valence-corrected chi connectivity index (χ1v) is 9.11. The molecule has 0 aliphatic rings. The van der Waals surface area contributed by atoms with Crippen LogP contribution in [0, 0.1) is 0 Å². The minimum Gasteiger partial charge on any atom is -0.496 e. The highest BCUT2D eigenvalue weighted by Gasteiger charge is 2.17. The van der Waals surface area contributed by atoms with Gasteiger partial charge in [0, 0.05) is 23.0 Å². The van der Waals surface area contributed by atoms with Crippen LogP contribution in [0.2, 0.25) is 0 Å². The highest BCUT2D eigenvalue weighted by Crippen LogP contribution is 2.41. The molecule has 0 bridgehead atoms. The zero-order valence-electron chi connectivity index (χ0n) is 15.0. The van der Waals surface area contributed by atoms with E-state index in [2.05, 4.69) is 20.5 Å². The van der Waals surface area contributed by atoms with Gasteiger partial charge in [-0.15, -0.1) is 22.6 Å². The van der Waals surface area contributed by atoms with Crippen molar-refractivity contribution in [2.24, 2.45) is 0 Å². The zero-order chi connectivity index (χ0) is 18.6. The van der Waals surface area contributed by atoms with Gasteiger partial charge in [-0.3, -0.25) is 0 Å². The summed E-state index contributed by atoms with van der Waals surface area (Å²) >= 11 is 1.48. The second-order valence-electron chi connectivity index (χ2n) is 5.76. The molecule has 2 aromatic heterocycles. The van der Waals surface area contributed by atoms with Crippen LogP contribution in [0.1, 0.15) is 0 Å². The number of ether oxygens (including phenoxy) is 1. The number of nitrogen functional groups attached to an aromatic ring is 1. The van der Waals surface area contributed by atoms with Crippen LogP contribution in [-0.4, -0.2) is 22.3 Å². The number of nitrogens with two attached hydrogens (primary N) is 1. The van der Waals surface area contributed by atoms with Crippen molar-refractivity contribution < 1.29 is 4.74 Å². The van der Waals surface area contributed by atoms with Crippen molar-refractivity contribution >= 4 is 40.4 Å². The number of pyridine rings is 1. The second-order valence-corrected chi connectivity index (χ2v) is 6.73. The van der Waals surface area contributed by atoms with Crippen molar-refractivity contribution in [1.29, 1.82) is 0 Å². The number of aromatic nitrogens is 3. The van der Waals surface area contributed by atoms with E-state index >= 15 is 0 Å². The number of benzene rings is 2. The van der Waals surface area contributed by atoms with E-state index < -0.39 is 0 Å². The number of hydrogen-bond acceptors (Lipinski definition) is 7. The predicted molar refractivity (Wildman–Crippen MR) is 117 cm³/mol. The lowest BCUT2D eigenvalue weighted by Crippen LogP contribution is -1.94. The van der Waals surface area contributed by atoms with Crippen molar-refractivity contribution in [3.63, 3.8) is 0 Å². The lowest BCUT2D eigenvalue weighted by atomic mass is 9.99. The summed E-state index contributed by atoms with van der Waals surface area (Å²) in [5.41, 5.74) is 9.61. The Balaban J connectivity index is 0.00000225. The van der Waals surface area contributed by atoms with Crippen LogP contribution in [0.25, 0.3) is 21.7 Å². The summed E-state index contributed by atoms with van der Waals surface area (Å²) < 4.78 is 5.58. The van der Waals surface area contributed by atoms with E-state index in [1.807, 2.05) is 60.7 Å². The smallest absolute Gasteiger partial charge is 0.210 e. The van der Waals surface area contributed by atoms with Gasteiger partial charge in [-0.25, -0.2) is 4.98 Å². The second kappa shape index (κ2) is 8.69. The molecule has 4 aromatic rings. The van der Waals surface area contributed by atoms with Gasteiger partial charge in [0.1, 0.15) is 16.6 Å². The molecule has 0 atom stereocenters. The molecule has 0 saturated carbocycles. The summed E-state index contributed by atoms with van der Waals surface area (Å²) in [5.74, 6) is 1.19. The molecule has 28 heavy (non-hydrogen) atoms. The summed E-state index contributed by atoms with van der Waals surface area (Å²) in [6.45, 7) is 0. The molecule has 4 rings (SSSR count). The van der Waals surface area contributed by atoms with Gasteiger partial charge >= 0.3 is 0 Å². The third kappa shape index (κ3) is 4.05. The average Bonchev–Trinajstić information content (AvgIpc) is 3.16. The molecule has 0 aliphatic carbocycles. The maximum atomic E-state index is 5.88. The fourth-order valence-corrected chi connectivity index (χ4v) is 3.60. The largest absolute Gasteiger partial charge is 0.496 e. The molecule has 0 radical (unpaired) electrons. The SMILES string of the molecule is COc1cccc(-c2nnc(Nc3ccccc3)s2)c1-c1ccnc(N)c1.Cl. The third-order valence-electron chi connectivity index (χ3n) is 4.00. The highest BCUT2D eigenvalue weighted by molar-refractivity contribution is 7.18. The first-order valence-electron chi connectivity index (χ1n) is 8.29. The number of hydrogen-bond donors (Lipinski definition) is 2. The summed E-state index contributed by atoms with van der Waals surface area (Å²) in [6.07, 6.45) is 1.68. The molecule has 6 nitrogen and oxygen atoms in total. The standard InChI is InChI=1S/C20H17N5OS.ClH/c1-26-16-9-5-8-15(18(16)13-10-11-22-17(21)12-13)19-24-25-20(27-19)23-14-6-3-2-4-7-14;/h2-12H,1H3,(H2,21,22)(H,23,25);1H. The Morgan fingerprint density at radius 2 is 1.82 bits per heavy atom. The van der Waals surface area contributed by atoms with Crippen molar-refractivity contribution in [1.82, 2.24) is 15.2 Å². The number of para-hydroxylation sites is 1. The van der Waals surface area contributed by atoms with Gasteiger partial charge in [0.05, 0.1) is 7.11 Å². The van der Waals surface area contributed by atoms with Crippen LogP contribution >= 0.6 is 23.7 Å². The van der Waals surface area contributed by atoms with Crippen LogP contribution in [0.5, 0.6) is 5.75 Å². The van der Waals surface area contributed by atoms with Crippen LogP contribution in [-0.2, 0) is 0 Å². The Morgan fingerprint density at radius 3 is 2.57 bits per heavy atom. The van der Waals surface area contributed by atoms with Crippen LogP contribution in [0.15, 0.2) is 66.9 Å². The molecule has 0 saturated heterocycles. The Hall–Kier alpha value is -3.16. The lowest BCUT2D eigenvalue weighted by molar-refractivity contribution is 0.416.